The average molecular weight is 474 g/mol. The molecule has 0 saturated carbocycles. The summed E-state index contributed by atoms with van der Waals surface area (Å²) in [6.45, 7) is 2.02. The second-order valence-electron chi connectivity index (χ2n) is 8.74. The first-order chi connectivity index (χ1) is 15.8. The van der Waals surface area contributed by atoms with Crippen molar-refractivity contribution >= 4 is 21.6 Å². The zero-order valence-corrected chi connectivity index (χ0v) is 20.2. The van der Waals surface area contributed by atoms with Gasteiger partial charge in [0.25, 0.3) is 0 Å². The van der Waals surface area contributed by atoms with E-state index in [9.17, 15) is 13.2 Å². The fourth-order valence-corrected chi connectivity index (χ4v) is 5.72. The third-order valence-electron chi connectivity index (χ3n) is 6.20. The first-order valence-electron chi connectivity index (χ1n) is 11.2. The summed E-state index contributed by atoms with van der Waals surface area (Å²) in [5.41, 5.74) is 2.18. The Balaban J connectivity index is 1.35. The van der Waals surface area contributed by atoms with E-state index in [2.05, 4.69) is 0 Å². The summed E-state index contributed by atoms with van der Waals surface area (Å²) in [6.07, 6.45) is 1.01. The standard InChI is InChI=1S/C24H31N3O5S/c1-25(2)20-6-4-18(5-7-20)17-26(3)24(28)19-10-12-27(13-11-19)33(29,30)21-8-9-22-23(16-21)32-15-14-31-22/h4-9,16,19H,10-15,17H2,1-3H3. The molecule has 9 heteroatoms. The topological polar surface area (TPSA) is 79.4 Å². The molecule has 0 atom stereocenters. The smallest absolute Gasteiger partial charge is 0.243 e. The number of benzene rings is 2. The van der Waals surface area contributed by atoms with Crippen molar-refractivity contribution in [2.75, 3.05) is 52.3 Å². The van der Waals surface area contributed by atoms with Crippen molar-refractivity contribution in [3.63, 3.8) is 0 Å². The molecular formula is C24H31N3O5S. The molecule has 0 aliphatic carbocycles. The molecule has 8 nitrogen and oxygen atoms in total. The zero-order valence-electron chi connectivity index (χ0n) is 19.4. The summed E-state index contributed by atoms with van der Waals surface area (Å²) in [7, 11) is 2.13. The van der Waals surface area contributed by atoms with Gasteiger partial charge in [0.2, 0.25) is 15.9 Å². The Bertz CT molecular complexity index is 1090. The van der Waals surface area contributed by atoms with Crippen molar-refractivity contribution in [1.29, 1.82) is 0 Å². The Morgan fingerprint density at radius 2 is 1.61 bits per heavy atom. The van der Waals surface area contributed by atoms with E-state index in [0.717, 1.165) is 11.3 Å². The number of fused-ring (bicyclic) bond motifs is 1. The molecule has 0 radical (unpaired) electrons. The van der Waals surface area contributed by atoms with Crippen LogP contribution in [0.25, 0.3) is 0 Å². The van der Waals surface area contributed by atoms with Gasteiger partial charge in [0.05, 0.1) is 4.90 Å². The molecule has 2 aliphatic rings. The number of carbonyl (C=O) groups is 1. The van der Waals surface area contributed by atoms with Gasteiger partial charge in [-0.25, -0.2) is 8.42 Å². The number of sulfonamides is 1. The number of hydrogen-bond acceptors (Lipinski definition) is 6. The molecule has 178 valence electrons. The molecule has 0 aromatic heterocycles. The summed E-state index contributed by atoms with van der Waals surface area (Å²) in [5, 5.41) is 0. The molecule has 0 bridgehead atoms. The molecule has 0 N–H and O–H groups in total. The molecule has 2 aliphatic heterocycles. The molecule has 4 rings (SSSR count). The van der Waals surface area contributed by atoms with Crippen LogP contribution in [0.4, 0.5) is 5.69 Å². The Kier molecular flexibility index (Phi) is 6.81. The van der Waals surface area contributed by atoms with Crippen LogP contribution in [0.1, 0.15) is 18.4 Å². The number of anilines is 1. The minimum atomic E-state index is -3.66. The van der Waals surface area contributed by atoms with Gasteiger partial charge in [-0.05, 0) is 42.7 Å². The van der Waals surface area contributed by atoms with Crippen LogP contribution in [0.5, 0.6) is 11.5 Å². The van der Waals surface area contributed by atoms with Gasteiger partial charge < -0.3 is 19.3 Å². The van der Waals surface area contributed by atoms with E-state index in [0.29, 0.717) is 57.2 Å². The van der Waals surface area contributed by atoms with E-state index < -0.39 is 10.0 Å². The summed E-state index contributed by atoms with van der Waals surface area (Å²) < 4.78 is 38.7. The van der Waals surface area contributed by atoms with Gasteiger partial charge in [-0.2, -0.15) is 4.31 Å². The Hall–Kier alpha value is -2.78. The average Bonchev–Trinajstić information content (AvgIpc) is 2.83. The van der Waals surface area contributed by atoms with Gasteiger partial charge in [0, 0.05) is 58.4 Å². The number of piperidine rings is 1. The highest BCUT2D eigenvalue weighted by Crippen LogP contribution is 2.34. The highest BCUT2D eigenvalue weighted by molar-refractivity contribution is 7.89. The first-order valence-corrected chi connectivity index (χ1v) is 12.6. The van der Waals surface area contributed by atoms with Gasteiger partial charge in [-0.3, -0.25) is 4.79 Å². The van der Waals surface area contributed by atoms with Crippen LogP contribution < -0.4 is 14.4 Å². The van der Waals surface area contributed by atoms with E-state index in [1.807, 2.05) is 43.3 Å². The van der Waals surface area contributed by atoms with Gasteiger partial charge >= 0.3 is 0 Å². The normalized spacial score (nSPS) is 16.9. The lowest BCUT2D eigenvalue weighted by atomic mass is 9.96. The summed E-state index contributed by atoms with van der Waals surface area (Å²) >= 11 is 0. The lowest BCUT2D eigenvalue weighted by Gasteiger charge is -2.32. The van der Waals surface area contributed by atoms with Crippen molar-refractivity contribution < 1.29 is 22.7 Å². The Morgan fingerprint density at radius 1 is 0.970 bits per heavy atom. The van der Waals surface area contributed by atoms with Crippen LogP contribution in [0.2, 0.25) is 0 Å². The van der Waals surface area contributed by atoms with Crippen LogP contribution >= 0.6 is 0 Å². The zero-order chi connectivity index (χ0) is 23.6. The maximum Gasteiger partial charge on any atom is 0.243 e. The van der Waals surface area contributed by atoms with E-state index >= 15 is 0 Å². The molecule has 2 aromatic carbocycles. The quantitative estimate of drug-likeness (QED) is 0.642. The molecule has 1 saturated heterocycles. The van der Waals surface area contributed by atoms with Crippen LogP contribution in [0.15, 0.2) is 47.4 Å². The van der Waals surface area contributed by atoms with E-state index in [4.69, 9.17) is 9.47 Å². The lowest BCUT2D eigenvalue weighted by Crippen LogP contribution is -2.43. The molecule has 1 fully saturated rings. The molecular weight excluding hydrogens is 442 g/mol. The van der Waals surface area contributed by atoms with Gasteiger partial charge in [0.1, 0.15) is 13.2 Å². The maximum atomic E-state index is 13.1. The number of rotatable bonds is 6. The molecule has 0 unspecified atom stereocenters. The molecule has 2 heterocycles. The lowest BCUT2D eigenvalue weighted by molar-refractivity contribution is -0.135. The molecule has 1 amide bonds. The van der Waals surface area contributed by atoms with Crippen molar-refractivity contribution in [3.05, 3.63) is 48.0 Å². The highest BCUT2D eigenvalue weighted by atomic mass is 32.2. The van der Waals surface area contributed by atoms with Crippen molar-refractivity contribution in [2.24, 2.45) is 5.92 Å². The van der Waals surface area contributed by atoms with E-state index in [1.54, 1.807) is 24.1 Å². The molecule has 2 aromatic rings. The summed E-state index contributed by atoms with van der Waals surface area (Å²) in [5.74, 6) is 0.891. The Morgan fingerprint density at radius 3 is 2.24 bits per heavy atom. The van der Waals surface area contributed by atoms with Crippen LogP contribution in [-0.2, 0) is 21.4 Å². The van der Waals surface area contributed by atoms with Crippen molar-refractivity contribution in [2.45, 2.75) is 24.3 Å². The summed E-state index contributed by atoms with van der Waals surface area (Å²) in [6, 6.07) is 12.8. The SMILES string of the molecule is CN(Cc1ccc(N(C)C)cc1)C(=O)C1CCN(S(=O)(=O)c2ccc3c(c2)OCCO3)CC1. The van der Waals surface area contributed by atoms with Gasteiger partial charge in [0.15, 0.2) is 11.5 Å². The van der Waals surface area contributed by atoms with Crippen LogP contribution in [-0.4, -0.2) is 71.0 Å². The number of amides is 1. The Labute approximate surface area is 195 Å². The van der Waals surface area contributed by atoms with Crippen molar-refractivity contribution in [3.8, 4) is 11.5 Å². The fraction of sp³-hybridized carbons (Fsp3) is 0.458. The van der Waals surface area contributed by atoms with Crippen molar-refractivity contribution in [1.82, 2.24) is 9.21 Å². The largest absolute Gasteiger partial charge is 0.486 e. The number of ether oxygens (including phenoxy) is 2. The number of carbonyl (C=O) groups excluding carboxylic acids is 1. The third kappa shape index (κ3) is 5.09. The predicted molar refractivity (Wildman–Crippen MR) is 126 cm³/mol. The van der Waals surface area contributed by atoms with Crippen LogP contribution in [0, 0.1) is 5.92 Å². The highest BCUT2D eigenvalue weighted by Gasteiger charge is 2.33. The van der Waals surface area contributed by atoms with Gasteiger partial charge in [-0.15, -0.1) is 0 Å². The minimum absolute atomic E-state index is 0.0584. The predicted octanol–water partition coefficient (Wildman–Crippen LogP) is 2.58. The fourth-order valence-electron chi connectivity index (χ4n) is 4.24. The molecule has 0 spiro atoms. The van der Waals surface area contributed by atoms with E-state index in [1.165, 1.54) is 10.4 Å². The third-order valence-corrected chi connectivity index (χ3v) is 8.10. The second kappa shape index (κ2) is 9.61. The van der Waals surface area contributed by atoms with Crippen LogP contribution in [0.3, 0.4) is 0 Å². The maximum absolute atomic E-state index is 13.1. The van der Waals surface area contributed by atoms with E-state index in [-0.39, 0.29) is 16.7 Å². The minimum Gasteiger partial charge on any atom is -0.486 e. The molecule has 33 heavy (non-hydrogen) atoms. The summed E-state index contributed by atoms with van der Waals surface area (Å²) in [4.78, 5) is 16.9. The van der Waals surface area contributed by atoms with Gasteiger partial charge in [-0.1, -0.05) is 12.1 Å². The number of nitrogens with zero attached hydrogens (tertiary/aromatic N) is 3. The second-order valence-corrected chi connectivity index (χ2v) is 10.7. The monoisotopic (exact) mass is 473 g/mol. The number of hydrogen-bond donors (Lipinski definition) is 0. The first kappa shape index (κ1) is 23.4.